The Bertz CT molecular complexity index is 1610. The molecule has 0 bridgehead atoms. The fraction of sp³-hybridized carbons (Fsp3) is 0.263. The van der Waals surface area contributed by atoms with E-state index < -0.39 is 0 Å². The van der Waals surface area contributed by atoms with E-state index in [9.17, 15) is 0 Å². The second kappa shape index (κ2) is 16.0. The van der Waals surface area contributed by atoms with Crippen LogP contribution in [0, 0.1) is 25.7 Å². The molecular weight excluding hydrogens is 632 g/mol. The van der Waals surface area contributed by atoms with Crippen molar-refractivity contribution < 1.29 is 26.2 Å². The third kappa shape index (κ3) is 10.2. The molecule has 0 aliphatic heterocycles. The first-order valence-electron chi connectivity index (χ1n) is 14.5. The van der Waals surface area contributed by atoms with Crippen LogP contribution in [0.15, 0.2) is 109 Å². The van der Waals surface area contributed by atoms with Crippen molar-refractivity contribution in [3.8, 4) is 11.4 Å². The summed E-state index contributed by atoms with van der Waals surface area (Å²) in [4.78, 5) is 9.42. The SMILES string of the molecule is CC(C)(C)C[N-]c1ccc2ccn(-c3ccccc3)c2n1.CC(C)(C)C[N-]c1ccc2ccn(-c3ccccc3)c2n1.[CH3-].[CH3-].[Zr+2]. The van der Waals surface area contributed by atoms with Gasteiger partial charge in [-0.1, -0.05) is 114 Å². The van der Waals surface area contributed by atoms with Gasteiger partial charge < -0.3 is 44.6 Å². The van der Waals surface area contributed by atoms with Crippen molar-refractivity contribution in [3.63, 3.8) is 0 Å². The van der Waals surface area contributed by atoms with Crippen LogP contribution >= 0.6 is 0 Å². The van der Waals surface area contributed by atoms with Crippen LogP contribution in [-0.4, -0.2) is 32.2 Å². The fourth-order valence-corrected chi connectivity index (χ4v) is 4.40. The van der Waals surface area contributed by atoms with E-state index in [1.807, 2.05) is 48.5 Å². The molecular formula is C38H46N6Zr-2. The van der Waals surface area contributed by atoms with Crippen molar-refractivity contribution in [2.45, 2.75) is 41.5 Å². The molecule has 0 N–H and O–H groups in total. The molecule has 234 valence electrons. The number of fused-ring (bicyclic) bond motifs is 2. The van der Waals surface area contributed by atoms with Crippen LogP contribution in [0.2, 0.25) is 0 Å². The molecule has 6 nitrogen and oxygen atoms in total. The van der Waals surface area contributed by atoms with Crippen molar-refractivity contribution in [1.82, 2.24) is 19.1 Å². The first-order chi connectivity index (χ1) is 20.1. The zero-order chi connectivity index (χ0) is 29.7. The van der Waals surface area contributed by atoms with Gasteiger partial charge in [0.05, 0.1) is 0 Å². The average molecular weight is 678 g/mol. The molecule has 2 aromatic carbocycles. The third-order valence-electron chi connectivity index (χ3n) is 6.54. The quantitative estimate of drug-likeness (QED) is 0.165. The predicted octanol–water partition coefficient (Wildman–Crippen LogP) is 11.1. The Hall–Kier alpha value is -3.70. The van der Waals surface area contributed by atoms with Gasteiger partial charge in [-0.05, 0) is 71.1 Å². The van der Waals surface area contributed by atoms with E-state index in [1.165, 1.54) is 0 Å². The van der Waals surface area contributed by atoms with Crippen LogP contribution in [0.1, 0.15) is 41.5 Å². The van der Waals surface area contributed by atoms with Gasteiger partial charge in [0, 0.05) is 35.1 Å². The average Bonchev–Trinajstić information content (AvgIpc) is 3.59. The summed E-state index contributed by atoms with van der Waals surface area (Å²) in [6.45, 7) is 14.6. The molecule has 0 aliphatic rings. The van der Waals surface area contributed by atoms with Crippen LogP contribution in [0.4, 0.5) is 11.6 Å². The maximum absolute atomic E-state index is 4.71. The zero-order valence-electron chi connectivity index (χ0n) is 28.0. The fourth-order valence-electron chi connectivity index (χ4n) is 4.40. The molecule has 6 rings (SSSR count). The van der Waals surface area contributed by atoms with Gasteiger partial charge in [0.2, 0.25) is 0 Å². The number of aromatic nitrogens is 4. The Morgan fingerprint density at radius 3 is 1.20 bits per heavy atom. The number of pyridine rings is 2. The number of hydrogen-bond acceptors (Lipinski definition) is 2. The Balaban J connectivity index is 0.000000294. The molecule has 0 fully saturated rings. The van der Waals surface area contributed by atoms with Gasteiger partial charge in [-0.15, -0.1) is 0 Å². The van der Waals surface area contributed by atoms with Crippen LogP contribution in [-0.2, 0) is 26.2 Å². The first kappa shape index (κ1) is 37.5. The Kier molecular flexibility index (Phi) is 13.4. The normalized spacial score (nSPS) is 11.0. The van der Waals surface area contributed by atoms with E-state index in [0.29, 0.717) is 0 Å². The van der Waals surface area contributed by atoms with Crippen molar-refractivity contribution in [2.24, 2.45) is 10.8 Å². The van der Waals surface area contributed by atoms with Crippen LogP contribution in [0.25, 0.3) is 44.1 Å². The van der Waals surface area contributed by atoms with Crippen LogP contribution in [0.5, 0.6) is 0 Å². The van der Waals surface area contributed by atoms with E-state index in [4.69, 9.17) is 9.97 Å². The maximum atomic E-state index is 4.71. The summed E-state index contributed by atoms with van der Waals surface area (Å²) in [5, 5.41) is 11.5. The Morgan fingerprint density at radius 1 is 0.511 bits per heavy atom. The van der Waals surface area contributed by atoms with Crippen LogP contribution in [0.3, 0.4) is 0 Å². The zero-order valence-corrected chi connectivity index (χ0v) is 30.4. The molecule has 0 atom stereocenters. The van der Waals surface area contributed by atoms with Crippen molar-refractivity contribution >= 4 is 33.7 Å². The van der Waals surface area contributed by atoms with Gasteiger partial charge in [0.15, 0.2) is 0 Å². The summed E-state index contributed by atoms with van der Waals surface area (Å²) in [5.74, 6) is 1.60. The van der Waals surface area contributed by atoms with Crippen molar-refractivity contribution in [3.05, 3.63) is 135 Å². The number of benzene rings is 2. The predicted molar refractivity (Wildman–Crippen MR) is 190 cm³/mol. The monoisotopic (exact) mass is 676 g/mol. The molecule has 0 aliphatic carbocycles. The van der Waals surface area contributed by atoms with Crippen molar-refractivity contribution in [2.75, 3.05) is 13.1 Å². The number of rotatable bonds is 6. The minimum absolute atomic E-state index is 0. The molecule has 0 unspecified atom stereocenters. The van der Waals surface area contributed by atoms with Gasteiger partial charge in [-0.2, -0.15) is 0 Å². The van der Waals surface area contributed by atoms with E-state index in [0.717, 1.165) is 58.2 Å². The number of hydrogen-bond donors (Lipinski definition) is 0. The topological polar surface area (TPSA) is 63.8 Å². The molecule has 0 saturated carbocycles. The largest absolute Gasteiger partial charge is 2.00 e. The molecule has 4 heterocycles. The molecule has 6 aromatic rings. The minimum Gasteiger partial charge on any atom is -0.465 e. The van der Waals surface area contributed by atoms with E-state index in [-0.39, 0.29) is 51.9 Å². The van der Waals surface area contributed by atoms with Gasteiger partial charge in [-0.25, -0.2) is 0 Å². The van der Waals surface area contributed by atoms with E-state index in [1.54, 1.807) is 0 Å². The molecule has 0 amide bonds. The molecule has 4 aromatic heterocycles. The Morgan fingerprint density at radius 2 is 0.867 bits per heavy atom. The second-order valence-electron chi connectivity index (χ2n) is 13.0. The van der Waals surface area contributed by atoms with E-state index >= 15 is 0 Å². The van der Waals surface area contributed by atoms with Gasteiger partial charge >= 0.3 is 26.2 Å². The van der Waals surface area contributed by atoms with Gasteiger partial charge in [0.1, 0.15) is 0 Å². The molecule has 45 heavy (non-hydrogen) atoms. The summed E-state index contributed by atoms with van der Waals surface area (Å²) in [7, 11) is 0. The molecule has 0 saturated heterocycles. The van der Waals surface area contributed by atoms with Gasteiger partial charge in [-0.3, -0.25) is 0 Å². The standard InChI is InChI=1S/2C18H20N3.2CH3.Zr/c2*1-18(2,3)13-19-16-10-9-14-11-12-21(17(14)20-16)15-7-5-4-6-8-15;;;/h2*4-12H,13H2,1-3H3;2*1H3;/q4*-1;+2. The summed E-state index contributed by atoms with van der Waals surface area (Å²) in [6.07, 6.45) is 4.11. The molecule has 7 heteroatoms. The summed E-state index contributed by atoms with van der Waals surface area (Å²) in [5.41, 5.74) is 4.50. The second-order valence-corrected chi connectivity index (χ2v) is 13.0. The number of nitrogens with zero attached hydrogens (tertiary/aromatic N) is 6. The number of para-hydroxylation sites is 2. The minimum atomic E-state index is 0. The van der Waals surface area contributed by atoms with Crippen LogP contribution < -0.4 is 0 Å². The summed E-state index contributed by atoms with van der Waals surface area (Å²) >= 11 is 0. The molecule has 0 spiro atoms. The maximum Gasteiger partial charge on any atom is 2.00 e. The van der Waals surface area contributed by atoms with Gasteiger partial charge in [0.25, 0.3) is 0 Å². The summed E-state index contributed by atoms with van der Waals surface area (Å²) in [6, 6.07) is 32.8. The van der Waals surface area contributed by atoms with Crippen molar-refractivity contribution in [1.29, 1.82) is 0 Å². The third-order valence-corrected chi connectivity index (χ3v) is 6.54. The van der Waals surface area contributed by atoms with E-state index in [2.05, 4.69) is 122 Å². The summed E-state index contributed by atoms with van der Waals surface area (Å²) < 4.78 is 4.21. The Labute approximate surface area is 289 Å². The first-order valence-corrected chi connectivity index (χ1v) is 14.5. The molecule has 0 radical (unpaired) electrons. The smallest absolute Gasteiger partial charge is 0.465 e.